The molecule has 2 unspecified atom stereocenters. The Bertz CT molecular complexity index is 1100. The van der Waals surface area contributed by atoms with Crippen molar-refractivity contribution in [2.45, 2.75) is 32.3 Å². The summed E-state index contributed by atoms with van der Waals surface area (Å²) in [5, 5.41) is 0.924. The lowest BCUT2D eigenvalue weighted by Crippen LogP contribution is -2.34. The van der Waals surface area contributed by atoms with Gasteiger partial charge in [0.15, 0.2) is 0 Å². The van der Waals surface area contributed by atoms with Crippen molar-refractivity contribution >= 4 is 29.3 Å². The fourth-order valence-electron chi connectivity index (χ4n) is 3.81. The molecule has 0 amide bonds. The van der Waals surface area contributed by atoms with Gasteiger partial charge in [-0.2, -0.15) is 4.39 Å². The molecule has 1 aliphatic rings. The van der Waals surface area contributed by atoms with Gasteiger partial charge in [-0.1, -0.05) is 58.6 Å². The lowest BCUT2D eigenvalue weighted by molar-refractivity contribution is -0.190. The van der Waals surface area contributed by atoms with E-state index >= 15 is 0 Å². The molecular weight excluding hydrogens is 454 g/mol. The molecule has 1 fully saturated rings. The summed E-state index contributed by atoms with van der Waals surface area (Å²) in [4.78, 5) is 4.07. The van der Waals surface area contributed by atoms with Crippen LogP contribution in [-0.4, -0.2) is 28.9 Å². The molecule has 0 N–H and O–H groups in total. The van der Waals surface area contributed by atoms with Gasteiger partial charge in [-0.3, -0.25) is 0 Å². The van der Waals surface area contributed by atoms with E-state index < -0.39 is 17.9 Å². The maximum atomic E-state index is 14.4. The Morgan fingerprint density at radius 3 is 2.72 bits per heavy atom. The number of imidazole rings is 1. The molecule has 4 rings (SSSR count). The fraction of sp³-hybridized carbons (Fsp3) is 0.292. The molecule has 5 nitrogen and oxygen atoms in total. The number of aromatic nitrogens is 2. The van der Waals surface area contributed by atoms with Crippen LogP contribution in [0.1, 0.15) is 22.3 Å². The summed E-state index contributed by atoms with van der Waals surface area (Å²) in [6.45, 7) is 4.45. The summed E-state index contributed by atoms with van der Waals surface area (Å²) in [6, 6.07) is 10.3. The van der Waals surface area contributed by atoms with Crippen LogP contribution in [-0.2, 0) is 26.5 Å². The highest BCUT2D eigenvalue weighted by Gasteiger charge is 2.45. The third-order valence-corrected chi connectivity index (χ3v) is 5.63. The SMILES string of the molecule is Cc1cc(C)cc(/C=C(\F)OCC2COC(Cn3ccnc3)(c3ccc(Cl)cc3Cl)O2)c1. The van der Waals surface area contributed by atoms with Crippen molar-refractivity contribution in [2.75, 3.05) is 13.2 Å². The molecule has 0 saturated carbocycles. The molecule has 0 radical (unpaired) electrons. The Morgan fingerprint density at radius 2 is 2.03 bits per heavy atom. The zero-order valence-electron chi connectivity index (χ0n) is 17.7. The minimum atomic E-state index is -1.18. The summed E-state index contributed by atoms with van der Waals surface area (Å²) in [7, 11) is 0. The van der Waals surface area contributed by atoms with Gasteiger partial charge < -0.3 is 18.8 Å². The van der Waals surface area contributed by atoms with E-state index in [-0.39, 0.29) is 13.2 Å². The molecule has 1 aromatic heterocycles. The van der Waals surface area contributed by atoms with Gasteiger partial charge in [0.1, 0.15) is 12.7 Å². The normalized spacial score (nSPS) is 21.2. The quantitative estimate of drug-likeness (QED) is 0.388. The topological polar surface area (TPSA) is 45.5 Å². The van der Waals surface area contributed by atoms with Crippen molar-refractivity contribution in [3.63, 3.8) is 0 Å². The Labute approximate surface area is 196 Å². The molecule has 1 saturated heterocycles. The third kappa shape index (κ3) is 5.33. The summed E-state index contributed by atoms with van der Waals surface area (Å²) >= 11 is 12.5. The first-order valence-electron chi connectivity index (χ1n) is 10.1. The van der Waals surface area contributed by atoms with E-state index in [4.69, 9.17) is 37.4 Å². The first-order chi connectivity index (χ1) is 15.3. The Hall–Kier alpha value is -2.38. The zero-order chi connectivity index (χ0) is 22.7. The van der Waals surface area contributed by atoms with Crippen molar-refractivity contribution < 1.29 is 18.6 Å². The van der Waals surface area contributed by atoms with E-state index in [0.717, 1.165) is 16.7 Å². The van der Waals surface area contributed by atoms with Crippen LogP contribution in [0.5, 0.6) is 0 Å². The molecule has 1 aliphatic heterocycles. The van der Waals surface area contributed by atoms with Crippen LogP contribution in [0.25, 0.3) is 6.08 Å². The molecule has 32 heavy (non-hydrogen) atoms. The fourth-order valence-corrected chi connectivity index (χ4v) is 4.37. The number of aryl methyl sites for hydroxylation is 2. The van der Waals surface area contributed by atoms with E-state index in [1.807, 2.05) is 36.6 Å². The van der Waals surface area contributed by atoms with Crippen LogP contribution in [0.4, 0.5) is 4.39 Å². The molecule has 168 valence electrons. The first-order valence-corrected chi connectivity index (χ1v) is 10.9. The molecule has 3 aromatic rings. The van der Waals surface area contributed by atoms with Crippen molar-refractivity contribution in [1.29, 1.82) is 0 Å². The van der Waals surface area contributed by atoms with Gasteiger partial charge in [-0.25, -0.2) is 4.98 Å². The average Bonchev–Trinajstić information content (AvgIpc) is 3.36. The molecule has 2 aromatic carbocycles. The predicted octanol–water partition coefficient (Wildman–Crippen LogP) is 6.06. The van der Waals surface area contributed by atoms with Gasteiger partial charge in [0.25, 0.3) is 6.01 Å². The maximum Gasteiger partial charge on any atom is 0.273 e. The third-order valence-electron chi connectivity index (χ3n) is 5.08. The monoisotopic (exact) mass is 476 g/mol. The minimum Gasteiger partial charge on any atom is -0.468 e. The summed E-state index contributed by atoms with van der Waals surface area (Å²) in [5.74, 6) is -1.18. The van der Waals surface area contributed by atoms with Crippen LogP contribution < -0.4 is 0 Å². The standard InChI is InChI=1S/C24H23Cl2FN2O3/c1-16-7-17(2)9-18(8-16)10-23(27)30-12-20-13-31-24(32-20,14-29-6-5-28-15-29)21-4-3-19(25)11-22(21)26/h3-11,15,20H,12-14H2,1-2H3/b23-10+. The number of halogens is 3. The van der Waals surface area contributed by atoms with Gasteiger partial charge in [0, 0.05) is 29.1 Å². The predicted molar refractivity (Wildman–Crippen MR) is 122 cm³/mol. The Morgan fingerprint density at radius 1 is 1.25 bits per heavy atom. The van der Waals surface area contributed by atoms with Gasteiger partial charge in [0.2, 0.25) is 5.79 Å². The van der Waals surface area contributed by atoms with Crippen molar-refractivity contribution in [3.8, 4) is 0 Å². The van der Waals surface area contributed by atoms with Gasteiger partial charge >= 0.3 is 0 Å². The molecular formula is C24H23Cl2FN2O3. The summed E-state index contributed by atoms with van der Waals surface area (Å²) in [5.41, 5.74) is 3.48. The first kappa shape index (κ1) is 22.8. The van der Waals surface area contributed by atoms with Crippen molar-refractivity contribution in [1.82, 2.24) is 9.55 Å². The molecule has 8 heteroatoms. The van der Waals surface area contributed by atoms with Crippen LogP contribution in [0.3, 0.4) is 0 Å². The molecule has 0 bridgehead atoms. The van der Waals surface area contributed by atoms with E-state index in [1.165, 1.54) is 6.08 Å². The Balaban J connectivity index is 1.49. The zero-order valence-corrected chi connectivity index (χ0v) is 19.2. The second kappa shape index (κ2) is 9.63. The van der Waals surface area contributed by atoms with Crippen LogP contribution in [0.2, 0.25) is 10.0 Å². The lowest BCUT2D eigenvalue weighted by atomic mass is 10.1. The van der Waals surface area contributed by atoms with Crippen LogP contribution in [0, 0.1) is 13.8 Å². The summed E-state index contributed by atoms with van der Waals surface area (Å²) < 4.78 is 33.9. The number of rotatable bonds is 7. The number of hydrogen-bond donors (Lipinski definition) is 0. The molecule has 0 spiro atoms. The van der Waals surface area contributed by atoms with Crippen molar-refractivity contribution in [3.05, 3.63) is 93.4 Å². The average molecular weight is 477 g/mol. The highest BCUT2D eigenvalue weighted by molar-refractivity contribution is 6.35. The van der Waals surface area contributed by atoms with Crippen LogP contribution >= 0.6 is 23.2 Å². The van der Waals surface area contributed by atoms with Crippen molar-refractivity contribution in [2.24, 2.45) is 0 Å². The molecule has 2 atom stereocenters. The van der Waals surface area contributed by atoms with E-state index in [2.05, 4.69) is 4.98 Å². The van der Waals surface area contributed by atoms with Gasteiger partial charge in [0.05, 0.1) is 24.5 Å². The second-order valence-corrected chi connectivity index (χ2v) is 8.69. The lowest BCUT2D eigenvalue weighted by Gasteiger charge is -2.29. The van der Waals surface area contributed by atoms with Crippen LogP contribution in [0.15, 0.2) is 61.1 Å². The number of nitrogens with zero attached hydrogens (tertiary/aromatic N) is 2. The number of hydrogen-bond acceptors (Lipinski definition) is 4. The maximum absolute atomic E-state index is 14.4. The second-order valence-electron chi connectivity index (χ2n) is 7.84. The van der Waals surface area contributed by atoms with E-state index in [9.17, 15) is 4.39 Å². The van der Waals surface area contributed by atoms with E-state index in [0.29, 0.717) is 22.2 Å². The minimum absolute atomic E-state index is 0.00990. The van der Waals surface area contributed by atoms with E-state index in [1.54, 1.807) is 36.9 Å². The smallest absolute Gasteiger partial charge is 0.273 e. The number of ether oxygens (including phenoxy) is 3. The van der Waals surface area contributed by atoms with Gasteiger partial charge in [-0.15, -0.1) is 0 Å². The molecule has 2 heterocycles. The molecule has 0 aliphatic carbocycles. The summed E-state index contributed by atoms with van der Waals surface area (Å²) in [6.07, 6.45) is 6.00. The van der Waals surface area contributed by atoms with Gasteiger partial charge in [-0.05, 0) is 31.5 Å². The highest BCUT2D eigenvalue weighted by atomic mass is 35.5. The highest BCUT2D eigenvalue weighted by Crippen LogP contribution is 2.40. The largest absolute Gasteiger partial charge is 0.468 e. The number of benzene rings is 2. The Kier molecular flexibility index (Phi) is 6.86.